The van der Waals surface area contributed by atoms with Crippen molar-refractivity contribution in [1.82, 2.24) is 24.5 Å². The molecule has 3 aromatic heterocycles. The molecule has 1 amide bonds. The number of aryl methyl sites for hydroxylation is 1. The Kier molecular flexibility index (Phi) is 6.71. The summed E-state index contributed by atoms with van der Waals surface area (Å²) < 4.78 is 1.49. The summed E-state index contributed by atoms with van der Waals surface area (Å²) in [4.78, 5) is 35.4. The summed E-state index contributed by atoms with van der Waals surface area (Å²) in [5, 5.41) is 14.0. The van der Waals surface area contributed by atoms with E-state index in [4.69, 9.17) is 10.7 Å². The average Bonchev–Trinajstić information content (AvgIpc) is 3.37. The summed E-state index contributed by atoms with van der Waals surface area (Å²) in [6.07, 6.45) is 5.40. The first-order valence-electron chi connectivity index (χ1n) is 12.6. The first kappa shape index (κ1) is 24.6. The van der Waals surface area contributed by atoms with Gasteiger partial charge in [0.2, 0.25) is 0 Å². The molecule has 0 spiro atoms. The Bertz CT molecular complexity index is 1450. The molecule has 1 atom stereocenters. The molecule has 4 aromatic rings. The molecule has 1 saturated heterocycles. The molecule has 3 N–H and O–H groups in total. The summed E-state index contributed by atoms with van der Waals surface area (Å²) in [6.45, 7) is 4.56. The predicted molar refractivity (Wildman–Crippen MR) is 141 cm³/mol. The Hall–Kier alpha value is -4.11. The Morgan fingerprint density at radius 3 is 2.62 bits per heavy atom. The number of aliphatic hydroxyl groups excluding tert-OH is 1. The van der Waals surface area contributed by atoms with Crippen LogP contribution in [0.1, 0.15) is 54.2 Å². The van der Waals surface area contributed by atoms with Gasteiger partial charge in [-0.25, -0.2) is 4.98 Å². The van der Waals surface area contributed by atoms with Crippen LogP contribution in [0.5, 0.6) is 0 Å². The number of piperidine rings is 1. The lowest BCUT2D eigenvalue weighted by Crippen LogP contribution is -2.42. The molecule has 1 fully saturated rings. The number of rotatable bonds is 6. The van der Waals surface area contributed by atoms with Gasteiger partial charge in [-0.15, -0.1) is 0 Å². The number of hydrogen-bond acceptors (Lipinski definition) is 7. The first-order chi connectivity index (χ1) is 17.9. The standard InChI is InChI=1S/C28H30N6O3/c1-3-18-5-4-6-20(13-18)24-8-7-21(14-30-24)22-15-31-34-26(29)23(16-35)25(32-27(22)34)19-9-11-33(12-10-19)28(37)17(2)36/h4-8,13-17,19,36H,3,9-12,29H2,1-2H3/t17-/m1/s1. The first-order valence-corrected chi connectivity index (χ1v) is 12.6. The molecule has 1 aliphatic heterocycles. The zero-order valence-corrected chi connectivity index (χ0v) is 21.0. The number of hydrogen-bond donors (Lipinski definition) is 2. The van der Waals surface area contributed by atoms with E-state index in [1.807, 2.05) is 24.3 Å². The van der Waals surface area contributed by atoms with Crippen LogP contribution >= 0.6 is 0 Å². The minimum absolute atomic E-state index is 0.0420. The van der Waals surface area contributed by atoms with Crippen molar-refractivity contribution < 1.29 is 14.7 Å². The van der Waals surface area contributed by atoms with E-state index in [-0.39, 0.29) is 17.6 Å². The molecule has 1 aliphatic rings. The maximum Gasteiger partial charge on any atom is 0.251 e. The van der Waals surface area contributed by atoms with Crippen LogP contribution in [0.25, 0.3) is 28.0 Å². The van der Waals surface area contributed by atoms with Crippen molar-refractivity contribution in [2.75, 3.05) is 18.8 Å². The van der Waals surface area contributed by atoms with Gasteiger partial charge in [0.15, 0.2) is 11.9 Å². The van der Waals surface area contributed by atoms with Gasteiger partial charge < -0.3 is 15.7 Å². The third-order valence-electron chi connectivity index (χ3n) is 7.12. The minimum atomic E-state index is -1.03. The fourth-order valence-corrected chi connectivity index (χ4v) is 4.99. The fourth-order valence-electron chi connectivity index (χ4n) is 4.99. The molecule has 0 saturated carbocycles. The number of amides is 1. The molecule has 0 aliphatic carbocycles. The molecule has 9 nitrogen and oxygen atoms in total. The van der Waals surface area contributed by atoms with E-state index < -0.39 is 6.10 Å². The van der Waals surface area contributed by atoms with Crippen LogP contribution in [0.2, 0.25) is 0 Å². The monoisotopic (exact) mass is 498 g/mol. The number of aliphatic hydroxyl groups is 1. The number of aromatic nitrogens is 4. The lowest BCUT2D eigenvalue weighted by Gasteiger charge is -2.33. The molecule has 0 radical (unpaired) electrons. The fraction of sp³-hybridized carbons (Fsp3) is 0.321. The third-order valence-corrected chi connectivity index (χ3v) is 7.12. The van der Waals surface area contributed by atoms with Gasteiger partial charge in [0, 0.05) is 41.9 Å². The van der Waals surface area contributed by atoms with Gasteiger partial charge in [-0.3, -0.25) is 14.6 Å². The van der Waals surface area contributed by atoms with Crippen LogP contribution in [0.3, 0.4) is 0 Å². The summed E-state index contributed by atoms with van der Waals surface area (Å²) >= 11 is 0. The van der Waals surface area contributed by atoms with E-state index in [2.05, 4.69) is 29.1 Å². The average molecular weight is 499 g/mol. The number of aldehydes is 1. The van der Waals surface area contributed by atoms with Crippen LogP contribution in [0.4, 0.5) is 5.82 Å². The van der Waals surface area contributed by atoms with Crippen molar-refractivity contribution in [3.05, 3.63) is 65.6 Å². The molecular formula is C28H30N6O3. The van der Waals surface area contributed by atoms with Crippen molar-refractivity contribution in [1.29, 1.82) is 0 Å². The number of carbonyl (C=O) groups excluding carboxylic acids is 2. The molecular weight excluding hydrogens is 468 g/mol. The topological polar surface area (TPSA) is 127 Å². The zero-order valence-electron chi connectivity index (χ0n) is 21.0. The molecule has 37 heavy (non-hydrogen) atoms. The second kappa shape index (κ2) is 10.1. The summed E-state index contributed by atoms with van der Waals surface area (Å²) in [5.41, 5.74) is 12.7. The van der Waals surface area contributed by atoms with Gasteiger partial charge in [-0.05, 0) is 43.9 Å². The lowest BCUT2D eigenvalue weighted by molar-refractivity contribution is -0.140. The Balaban J connectivity index is 1.48. The lowest BCUT2D eigenvalue weighted by atomic mass is 9.90. The maximum absolute atomic E-state index is 12.2. The van der Waals surface area contributed by atoms with Crippen LogP contribution in [-0.4, -0.2) is 61.0 Å². The molecule has 1 aromatic carbocycles. The number of carbonyl (C=O) groups is 2. The smallest absolute Gasteiger partial charge is 0.251 e. The zero-order chi connectivity index (χ0) is 26.1. The van der Waals surface area contributed by atoms with Crippen LogP contribution < -0.4 is 5.73 Å². The maximum atomic E-state index is 12.2. The van der Waals surface area contributed by atoms with Gasteiger partial charge in [0.1, 0.15) is 11.9 Å². The van der Waals surface area contributed by atoms with Gasteiger partial charge in [-0.1, -0.05) is 31.2 Å². The van der Waals surface area contributed by atoms with Crippen molar-refractivity contribution in [3.8, 4) is 22.4 Å². The molecule has 0 bridgehead atoms. The number of fused-ring (bicyclic) bond motifs is 1. The molecule has 4 heterocycles. The third kappa shape index (κ3) is 4.58. The van der Waals surface area contributed by atoms with E-state index in [9.17, 15) is 14.7 Å². The second-order valence-corrected chi connectivity index (χ2v) is 9.47. The Labute approximate surface area is 215 Å². The quantitative estimate of drug-likeness (QED) is 0.390. The number of anilines is 1. The number of nitrogen functional groups attached to an aromatic ring is 1. The van der Waals surface area contributed by atoms with Crippen molar-refractivity contribution in [3.63, 3.8) is 0 Å². The van der Waals surface area contributed by atoms with Crippen LogP contribution in [-0.2, 0) is 11.2 Å². The highest BCUT2D eigenvalue weighted by Gasteiger charge is 2.29. The van der Waals surface area contributed by atoms with E-state index in [1.54, 1.807) is 17.3 Å². The SMILES string of the molecule is CCc1cccc(-c2ccc(-c3cnn4c(N)c(C=O)c(C5CCN(C(=O)[C@@H](C)O)CC5)nc34)cn2)c1. The highest BCUT2D eigenvalue weighted by atomic mass is 16.3. The van der Waals surface area contributed by atoms with Gasteiger partial charge in [-0.2, -0.15) is 9.61 Å². The number of nitrogens with two attached hydrogens (primary N) is 1. The molecule has 0 unspecified atom stereocenters. The molecule has 5 rings (SSSR count). The van der Waals surface area contributed by atoms with E-state index in [0.717, 1.165) is 35.1 Å². The van der Waals surface area contributed by atoms with Crippen molar-refractivity contribution in [2.45, 2.75) is 45.1 Å². The number of pyridine rings is 1. The summed E-state index contributed by atoms with van der Waals surface area (Å²) in [5.74, 6) is -0.0863. The predicted octanol–water partition coefficient (Wildman–Crippen LogP) is 3.50. The molecule has 9 heteroatoms. The van der Waals surface area contributed by atoms with Crippen molar-refractivity contribution >= 4 is 23.7 Å². The second-order valence-electron chi connectivity index (χ2n) is 9.47. The van der Waals surface area contributed by atoms with Gasteiger partial charge >= 0.3 is 0 Å². The van der Waals surface area contributed by atoms with E-state index in [1.165, 1.54) is 17.0 Å². The van der Waals surface area contributed by atoms with E-state index in [0.29, 0.717) is 42.8 Å². The number of benzene rings is 1. The minimum Gasteiger partial charge on any atom is -0.384 e. The van der Waals surface area contributed by atoms with Crippen LogP contribution in [0.15, 0.2) is 48.8 Å². The number of nitrogens with zero attached hydrogens (tertiary/aromatic N) is 5. The summed E-state index contributed by atoms with van der Waals surface area (Å²) in [7, 11) is 0. The number of likely N-dealkylation sites (tertiary alicyclic amines) is 1. The van der Waals surface area contributed by atoms with E-state index >= 15 is 0 Å². The largest absolute Gasteiger partial charge is 0.384 e. The highest BCUT2D eigenvalue weighted by Crippen LogP contribution is 2.34. The summed E-state index contributed by atoms with van der Waals surface area (Å²) in [6, 6.07) is 12.3. The highest BCUT2D eigenvalue weighted by molar-refractivity contribution is 5.87. The Morgan fingerprint density at radius 2 is 1.97 bits per heavy atom. The molecule has 190 valence electrons. The van der Waals surface area contributed by atoms with Crippen molar-refractivity contribution in [2.24, 2.45) is 0 Å². The van der Waals surface area contributed by atoms with Gasteiger partial charge in [0.25, 0.3) is 5.91 Å². The Morgan fingerprint density at radius 1 is 1.19 bits per heavy atom. The van der Waals surface area contributed by atoms with Crippen LogP contribution in [0, 0.1) is 0 Å². The van der Waals surface area contributed by atoms with Gasteiger partial charge in [0.05, 0.1) is 23.1 Å². The normalized spacial score (nSPS) is 15.2.